The van der Waals surface area contributed by atoms with E-state index in [1.54, 1.807) is 49.6 Å². The van der Waals surface area contributed by atoms with Gasteiger partial charge in [-0.3, -0.25) is 4.79 Å². The van der Waals surface area contributed by atoms with E-state index >= 15 is 0 Å². The molecule has 0 saturated carbocycles. The Kier molecular flexibility index (Phi) is 7.30. The maximum atomic E-state index is 13.3. The zero-order valence-electron chi connectivity index (χ0n) is 17.2. The molecule has 1 amide bonds. The van der Waals surface area contributed by atoms with Crippen LogP contribution in [0.2, 0.25) is 5.02 Å². The SMILES string of the molecule is CCOC(=O)c1c(-c2ccc(F)cc2)csc1NC(=O)C(C)Oc1ccc(Cl)cc1C. The van der Waals surface area contributed by atoms with E-state index in [2.05, 4.69) is 5.32 Å². The second kappa shape index (κ2) is 9.94. The summed E-state index contributed by atoms with van der Waals surface area (Å²) in [6, 6.07) is 10.9. The van der Waals surface area contributed by atoms with E-state index in [0.717, 1.165) is 5.56 Å². The van der Waals surface area contributed by atoms with Gasteiger partial charge in [0.25, 0.3) is 5.91 Å². The third-order valence-electron chi connectivity index (χ3n) is 4.47. The summed E-state index contributed by atoms with van der Waals surface area (Å²) < 4.78 is 24.2. The fraction of sp³-hybridized carbons (Fsp3) is 0.217. The number of hydrogen-bond donors (Lipinski definition) is 1. The number of hydrogen-bond acceptors (Lipinski definition) is 5. The molecule has 1 aromatic heterocycles. The van der Waals surface area contributed by atoms with E-state index in [-0.39, 0.29) is 18.0 Å². The predicted molar refractivity (Wildman–Crippen MR) is 121 cm³/mol. The number of anilines is 1. The Morgan fingerprint density at radius 1 is 1.19 bits per heavy atom. The molecular weight excluding hydrogens is 441 g/mol. The number of nitrogens with one attached hydrogen (secondary N) is 1. The number of benzene rings is 2. The van der Waals surface area contributed by atoms with Crippen molar-refractivity contribution < 1.29 is 23.5 Å². The van der Waals surface area contributed by atoms with Gasteiger partial charge in [0.2, 0.25) is 0 Å². The second-order valence-electron chi connectivity index (χ2n) is 6.74. The highest BCUT2D eigenvalue weighted by atomic mass is 35.5. The van der Waals surface area contributed by atoms with Gasteiger partial charge in [0.15, 0.2) is 6.10 Å². The predicted octanol–water partition coefficient (Wildman–Crippen LogP) is 6.10. The van der Waals surface area contributed by atoms with Crippen molar-refractivity contribution >= 4 is 39.8 Å². The van der Waals surface area contributed by atoms with Crippen molar-refractivity contribution in [3.8, 4) is 16.9 Å². The lowest BCUT2D eigenvalue weighted by atomic mass is 10.0. The molecule has 162 valence electrons. The van der Waals surface area contributed by atoms with Gasteiger partial charge < -0.3 is 14.8 Å². The standard InChI is InChI=1S/C23H21ClFNO4S/c1-4-29-23(28)20-18(15-5-8-17(25)9-6-15)12-31-22(20)26-21(27)14(3)30-19-10-7-16(24)11-13(19)2/h5-12,14H,4H2,1-3H3,(H,26,27). The topological polar surface area (TPSA) is 64.6 Å². The Bertz CT molecular complexity index is 1100. The number of carbonyl (C=O) groups excluding carboxylic acids is 2. The van der Waals surface area contributed by atoms with Gasteiger partial charge in [0, 0.05) is 16.0 Å². The summed E-state index contributed by atoms with van der Waals surface area (Å²) in [5.41, 5.74) is 2.22. The van der Waals surface area contributed by atoms with E-state index < -0.39 is 18.0 Å². The summed E-state index contributed by atoms with van der Waals surface area (Å²) in [7, 11) is 0. The molecule has 0 aliphatic heterocycles. The van der Waals surface area contributed by atoms with E-state index in [9.17, 15) is 14.0 Å². The van der Waals surface area contributed by atoms with Crippen LogP contribution in [0.25, 0.3) is 11.1 Å². The number of thiophene rings is 1. The highest BCUT2D eigenvalue weighted by Gasteiger charge is 2.25. The van der Waals surface area contributed by atoms with Crippen LogP contribution in [0.3, 0.4) is 0 Å². The smallest absolute Gasteiger partial charge is 0.341 e. The van der Waals surface area contributed by atoms with Crippen molar-refractivity contribution in [1.82, 2.24) is 0 Å². The Morgan fingerprint density at radius 2 is 1.90 bits per heavy atom. The summed E-state index contributed by atoms with van der Waals surface area (Å²) >= 11 is 7.15. The van der Waals surface area contributed by atoms with Crippen molar-refractivity contribution in [2.45, 2.75) is 26.9 Å². The third-order valence-corrected chi connectivity index (χ3v) is 5.60. The van der Waals surface area contributed by atoms with Gasteiger partial charge in [-0.2, -0.15) is 0 Å². The van der Waals surface area contributed by atoms with Gasteiger partial charge in [0.1, 0.15) is 22.1 Å². The van der Waals surface area contributed by atoms with Crippen LogP contribution in [-0.2, 0) is 9.53 Å². The van der Waals surface area contributed by atoms with E-state index in [0.29, 0.717) is 26.9 Å². The lowest BCUT2D eigenvalue weighted by Crippen LogP contribution is -2.30. The van der Waals surface area contributed by atoms with E-state index in [1.807, 2.05) is 6.92 Å². The lowest BCUT2D eigenvalue weighted by Gasteiger charge is -2.16. The summed E-state index contributed by atoms with van der Waals surface area (Å²) in [4.78, 5) is 25.4. The monoisotopic (exact) mass is 461 g/mol. The lowest BCUT2D eigenvalue weighted by molar-refractivity contribution is -0.122. The minimum Gasteiger partial charge on any atom is -0.481 e. The maximum absolute atomic E-state index is 13.3. The Labute approximate surface area is 188 Å². The van der Waals surface area contributed by atoms with E-state index in [4.69, 9.17) is 21.1 Å². The minimum atomic E-state index is -0.828. The molecule has 0 radical (unpaired) electrons. The molecule has 3 rings (SSSR count). The summed E-state index contributed by atoms with van der Waals surface area (Å²) in [6.45, 7) is 5.32. The molecule has 2 aromatic carbocycles. The molecule has 8 heteroatoms. The number of carbonyl (C=O) groups is 2. The number of rotatable bonds is 7. The molecule has 1 heterocycles. The Hall–Kier alpha value is -2.90. The Balaban J connectivity index is 1.85. The first-order valence-corrected chi connectivity index (χ1v) is 10.8. The van der Waals surface area contributed by atoms with Gasteiger partial charge in [0.05, 0.1) is 6.61 Å². The molecule has 0 aliphatic rings. The van der Waals surface area contributed by atoms with Crippen LogP contribution in [-0.4, -0.2) is 24.6 Å². The van der Waals surface area contributed by atoms with Crippen LogP contribution >= 0.6 is 22.9 Å². The second-order valence-corrected chi connectivity index (χ2v) is 8.06. The van der Waals surface area contributed by atoms with Crippen LogP contribution in [0.5, 0.6) is 5.75 Å². The van der Waals surface area contributed by atoms with Gasteiger partial charge in [-0.25, -0.2) is 9.18 Å². The molecule has 0 spiro atoms. The average molecular weight is 462 g/mol. The molecule has 0 aliphatic carbocycles. The largest absolute Gasteiger partial charge is 0.481 e. The summed E-state index contributed by atoms with van der Waals surface area (Å²) in [6.07, 6.45) is -0.828. The molecular formula is C23H21ClFNO4S. The van der Waals surface area contributed by atoms with Crippen molar-refractivity contribution in [3.05, 3.63) is 69.8 Å². The quantitative estimate of drug-likeness (QED) is 0.432. The molecule has 1 N–H and O–H groups in total. The first-order valence-electron chi connectivity index (χ1n) is 9.58. The molecule has 31 heavy (non-hydrogen) atoms. The highest BCUT2D eigenvalue weighted by Crippen LogP contribution is 2.36. The number of aryl methyl sites for hydroxylation is 1. The molecule has 0 fully saturated rings. The highest BCUT2D eigenvalue weighted by molar-refractivity contribution is 7.15. The van der Waals surface area contributed by atoms with Gasteiger partial charge in [-0.1, -0.05) is 23.7 Å². The van der Waals surface area contributed by atoms with Crippen LogP contribution in [0, 0.1) is 12.7 Å². The third kappa shape index (κ3) is 5.42. The Morgan fingerprint density at radius 3 is 2.55 bits per heavy atom. The molecule has 1 unspecified atom stereocenters. The van der Waals surface area contributed by atoms with E-state index in [1.165, 1.54) is 23.5 Å². The molecule has 0 saturated heterocycles. The molecule has 0 bridgehead atoms. The number of esters is 1. The van der Waals surface area contributed by atoms with Crippen LogP contribution in [0.4, 0.5) is 9.39 Å². The van der Waals surface area contributed by atoms with Gasteiger partial charge >= 0.3 is 5.97 Å². The van der Waals surface area contributed by atoms with Gasteiger partial charge in [-0.05, 0) is 62.2 Å². The van der Waals surface area contributed by atoms with Crippen molar-refractivity contribution in [2.24, 2.45) is 0 Å². The first-order chi connectivity index (χ1) is 14.8. The van der Waals surface area contributed by atoms with Crippen molar-refractivity contribution in [3.63, 3.8) is 0 Å². The average Bonchev–Trinajstić information content (AvgIpc) is 3.14. The molecule has 1 atom stereocenters. The first kappa shape index (κ1) is 22.8. The zero-order chi connectivity index (χ0) is 22.5. The normalized spacial score (nSPS) is 11.6. The number of amides is 1. The number of ether oxygens (including phenoxy) is 2. The van der Waals surface area contributed by atoms with Crippen molar-refractivity contribution in [1.29, 1.82) is 0 Å². The molecule has 5 nitrogen and oxygen atoms in total. The zero-order valence-corrected chi connectivity index (χ0v) is 18.8. The van der Waals surface area contributed by atoms with Crippen molar-refractivity contribution in [2.75, 3.05) is 11.9 Å². The van der Waals surface area contributed by atoms with Crippen LogP contribution in [0.1, 0.15) is 29.8 Å². The minimum absolute atomic E-state index is 0.181. The molecule has 3 aromatic rings. The summed E-state index contributed by atoms with van der Waals surface area (Å²) in [5, 5.41) is 5.40. The fourth-order valence-electron chi connectivity index (χ4n) is 2.90. The van der Waals surface area contributed by atoms with Crippen LogP contribution in [0.15, 0.2) is 47.8 Å². The van der Waals surface area contributed by atoms with Gasteiger partial charge in [-0.15, -0.1) is 11.3 Å². The number of halogens is 2. The summed E-state index contributed by atoms with van der Waals surface area (Å²) in [5.74, 6) is -0.836. The van der Waals surface area contributed by atoms with Crippen LogP contribution < -0.4 is 10.1 Å². The fourth-order valence-corrected chi connectivity index (χ4v) is 4.09. The maximum Gasteiger partial charge on any atom is 0.341 e.